The van der Waals surface area contributed by atoms with E-state index in [0.717, 1.165) is 31.2 Å². The van der Waals surface area contributed by atoms with E-state index in [4.69, 9.17) is 4.74 Å². The Kier molecular flexibility index (Phi) is 11.2. The quantitative estimate of drug-likeness (QED) is 0.154. The normalized spacial score (nSPS) is 14.1. The molecule has 1 aliphatic rings. The van der Waals surface area contributed by atoms with Crippen molar-refractivity contribution in [1.29, 1.82) is 0 Å². The first kappa shape index (κ1) is 29.2. The number of hydrogen-bond donors (Lipinski definition) is 1. The van der Waals surface area contributed by atoms with E-state index < -0.39 is 49.4 Å². The van der Waals surface area contributed by atoms with E-state index in [-0.39, 0.29) is 11.5 Å². The van der Waals surface area contributed by atoms with E-state index in [1.54, 1.807) is 6.92 Å². The van der Waals surface area contributed by atoms with Crippen molar-refractivity contribution in [2.75, 3.05) is 6.61 Å². The summed E-state index contributed by atoms with van der Waals surface area (Å²) < 4.78 is 31.4. The molecule has 1 aromatic carbocycles. The number of carbonyl (C=O) groups is 4. The number of rotatable bonds is 15. The van der Waals surface area contributed by atoms with Crippen LogP contribution in [-0.2, 0) is 33.8 Å². The molecule has 196 valence electrons. The van der Waals surface area contributed by atoms with E-state index in [2.05, 4.69) is 6.92 Å². The number of aliphatic carboxylic acids is 1. The molecule has 0 saturated heterocycles. The molecule has 36 heavy (non-hydrogen) atoms. The predicted molar refractivity (Wildman–Crippen MR) is 134 cm³/mol. The fourth-order valence-corrected chi connectivity index (χ4v) is 5.44. The Hall–Kier alpha value is -3.07. The minimum Gasteiger partial charge on any atom is -0.478 e. The number of carboxylic acid groups (broad SMARTS) is 1. The molecule has 2 rings (SSSR count). The summed E-state index contributed by atoms with van der Waals surface area (Å²) in [5.74, 6) is -5.63. The minimum absolute atomic E-state index is 0.00366. The topological polar surface area (TPSA) is 132 Å². The maximum Gasteiger partial charge on any atom is 0.342 e. The minimum atomic E-state index is -4.69. The Morgan fingerprint density at radius 2 is 1.39 bits per heavy atom. The molecule has 1 aliphatic carbocycles. The molecule has 0 saturated carbocycles. The summed E-state index contributed by atoms with van der Waals surface area (Å²) in [7, 11) is -4.69. The van der Waals surface area contributed by atoms with Gasteiger partial charge in [0.1, 0.15) is 16.1 Å². The third kappa shape index (κ3) is 7.71. The first-order chi connectivity index (χ1) is 17.1. The van der Waals surface area contributed by atoms with Gasteiger partial charge >= 0.3 is 11.9 Å². The second-order valence-corrected chi connectivity index (χ2v) is 10.8. The number of aryl methyl sites for hydroxylation is 1. The lowest BCUT2D eigenvalue weighted by Gasteiger charge is -2.17. The summed E-state index contributed by atoms with van der Waals surface area (Å²) in [5, 5.41) is 9.45. The molecule has 0 atom stereocenters. The lowest BCUT2D eigenvalue weighted by atomic mass is 9.97. The van der Waals surface area contributed by atoms with Crippen LogP contribution in [0, 0.1) is 6.92 Å². The van der Waals surface area contributed by atoms with Crippen LogP contribution in [0.2, 0.25) is 0 Å². The largest absolute Gasteiger partial charge is 0.478 e. The maximum absolute atomic E-state index is 13.1. The summed E-state index contributed by atoms with van der Waals surface area (Å²) in [6.07, 6.45) is 11.3. The lowest BCUT2D eigenvalue weighted by molar-refractivity contribution is -0.141. The number of ether oxygens (including phenoxy) is 1. The van der Waals surface area contributed by atoms with Crippen LogP contribution in [0.1, 0.15) is 76.7 Å². The Labute approximate surface area is 212 Å². The van der Waals surface area contributed by atoms with Crippen LogP contribution in [-0.4, -0.2) is 43.6 Å². The van der Waals surface area contributed by atoms with Gasteiger partial charge in [-0.25, -0.2) is 18.0 Å². The van der Waals surface area contributed by atoms with Gasteiger partial charge in [0.25, 0.3) is 0 Å². The van der Waals surface area contributed by atoms with E-state index in [1.165, 1.54) is 56.4 Å². The summed E-state index contributed by atoms with van der Waals surface area (Å²) >= 11 is 0. The highest BCUT2D eigenvalue weighted by Crippen LogP contribution is 2.30. The van der Waals surface area contributed by atoms with E-state index >= 15 is 0 Å². The summed E-state index contributed by atoms with van der Waals surface area (Å²) in [6, 6.07) is 5.35. The van der Waals surface area contributed by atoms with Gasteiger partial charge in [-0.1, -0.05) is 82.4 Å². The first-order valence-electron chi connectivity index (χ1n) is 12.4. The van der Waals surface area contributed by atoms with E-state index in [1.807, 2.05) is 0 Å². The fraction of sp³-hybridized carbons (Fsp3) is 0.481. The molecule has 0 spiro atoms. The second kappa shape index (κ2) is 13.9. The van der Waals surface area contributed by atoms with Crippen molar-refractivity contribution in [3.63, 3.8) is 0 Å². The molecule has 8 nitrogen and oxygen atoms in total. The molecular formula is C27H34O8S. The highest BCUT2D eigenvalue weighted by molar-refractivity contribution is 7.96. The Balaban J connectivity index is 2.00. The number of hydrogen-bond acceptors (Lipinski definition) is 7. The van der Waals surface area contributed by atoms with Crippen molar-refractivity contribution in [2.24, 2.45) is 0 Å². The molecule has 0 aromatic heterocycles. The number of carbonyl (C=O) groups excluding carboxylic acids is 3. The van der Waals surface area contributed by atoms with Crippen molar-refractivity contribution < 1.29 is 37.4 Å². The van der Waals surface area contributed by atoms with Crippen molar-refractivity contribution >= 4 is 33.3 Å². The number of benzene rings is 1. The zero-order valence-corrected chi connectivity index (χ0v) is 21.7. The molecule has 0 amide bonds. The van der Waals surface area contributed by atoms with E-state index in [9.17, 15) is 32.7 Å². The van der Waals surface area contributed by atoms with Crippen LogP contribution in [0.4, 0.5) is 0 Å². The number of esters is 1. The molecule has 0 radical (unpaired) electrons. The molecular weight excluding hydrogens is 484 g/mol. The average molecular weight is 519 g/mol. The van der Waals surface area contributed by atoms with Gasteiger partial charge < -0.3 is 9.84 Å². The number of allylic oxidation sites excluding steroid dienone is 2. The second-order valence-electron chi connectivity index (χ2n) is 8.90. The summed E-state index contributed by atoms with van der Waals surface area (Å²) in [4.78, 5) is 48.1. The highest BCUT2D eigenvalue weighted by Gasteiger charge is 2.43. The molecule has 9 heteroatoms. The Bertz CT molecular complexity index is 1140. The molecule has 0 fully saturated rings. The monoisotopic (exact) mass is 518 g/mol. The van der Waals surface area contributed by atoms with Crippen LogP contribution < -0.4 is 0 Å². The molecule has 0 bridgehead atoms. The van der Waals surface area contributed by atoms with Crippen LogP contribution in [0.5, 0.6) is 0 Å². The molecule has 0 aliphatic heterocycles. The smallest absolute Gasteiger partial charge is 0.342 e. The Morgan fingerprint density at radius 1 is 0.861 bits per heavy atom. The number of Topliss-reactive ketones (excluding diaryl/α,β-unsaturated/α-hetero) is 1. The van der Waals surface area contributed by atoms with Crippen molar-refractivity contribution in [1.82, 2.24) is 0 Å². The fourth-order valence-electron chi connectivity index (χ4n) is 3.89. The van der Waals surface area contributed by atoms with Gasteiger partial charge in [-0.3, -0.25) is 9.59 Å². The van der Waals surface area contributed by atoms with Crippen LogP contribution in [0.25, 0.3) is 0 Å². The molecule has 1 aromatic rings. The average Bonchev–Trinajstić information content (AvgIpc) is 2.83. The molecule has 1 N–H and O–H groups in total. The van der Waals surface area contributed by atoms with Crippen molar-refractivity contribution in [3.8, 4) is 0 Å². The zero-order chi connectivity index (χ0) is 26.7. The highest BCUT2D eigenvalue weighted by atomic mass is 32.2. The van der Waals surface area contributed by atoms with Crippen LogP contribution in [0.15, 0.2) is 51.3 Å². The summed E-state index contributed by atoms with van der Waals surface area (Å²) in [5.41, 5.74) is -1.24. The van der Waals surface area contributed by atoms with Gasteiger partial charge in [-0.15, -0.1) is 0 Å². The van der Waals surface area contributed by atoms with Crippen molar-refractivity contribution in [3.05, 3.63) is 52.0 Å². The SMILES string of the molecule is CCCCCCCCCCCCOC(=O)C1=CC(=O)C(C(=O)O)=C(S(=O)(=O)c2ccc(C)cc2)C1=O. The van der Waals surface area contributed by atoms with Crippen LogP contribution >= 0.6 is 0 Å². The Morgan fingerprint density at radius 3 is 1.92 bits per heavy atom. The standard InChI is InChI=1S/C27H34O8S/c1-3-4-5-6-7-8-9-10-11-12-17-35-27(32)21-18-22(28)23(26(30)31)25(24(21)29)36(33,34)20-15-13-19(2)14-16-20/h13-16,18H,3-12,17H2,1-2H3,(H,30,31). The van der Waals surface area contributed by atoms with Crippen molar-refractivity contribution in [2.45, 2.75) is 83.0 Å². The summed E-state index contributed by atoms with van der Waals surface area (Å²) in [6.45, 7) is 3.91. The number of sulfone groups is 1. The van der Waals surface area contributed by atoms with Gasteiger partial charge in [0.15, 0.2) is 5.78 Å². The van der Waals surface area contributed by atoms with Gasteiger partial charge in [-0.05, 0) is 25.5 Å². The third-order valence-corrected chi connectivity index (χ3v) is 7.78. The predicted octanol–water partition coefficient (Wildman–Crippen LogP) is 4.65. The third-order valence-electron chi connectivity index (χ3n) is 5.96. The zero-order valence-electron chi connectivity index (χ0n) is 20.9. The molecule has 0 unspecified atom stereocenters. The van der Waals surface area contributed by atoms with E-state index in [0.29, 0.717) is 12.5 Å². The first-order valence-corrected chi connectivity index (χ1v) is 13.9. The number of unbranched alkanes of at least 4 members (excludes halogenated alkanes) is 9. The number of carboxylic acids is 1. The molecule has 0 heterocycles. The van der Waals surface area contributed by atoms with Gasteiger partial charge in [0.05, 0.1) is 11.5 Å². The van der Waals surface area contributed by atoms with Gasteiger partial charge in [-0.2, -0.15) is 0 Å². The van der Waals surface area contributed by atoms with Crippen LogP contribution in [0.3, 0.4) is 0 Å². The maximum atomic E-state index is 13.1. The number of ketones is 2. The lowest BCUT2D eigenvalue weighted by Crippen LogP contribution is -2.31. The van der Waals surface area contributed by atoms with Gasteiger partial charge in [0.2, 0.25) is 15.6 Å². The van der Waals surface area contributed by atoms with Gasteiger partial charge in [0, 0.05) is 6.08 Å².